The van der Waals surface area contributed by atoms with Crippen molar-refractivity contribution in [3.8, 4) is 0 Å². The zero-order valence-electron chi connectivity index (χ0n) is 12.7. The maximum atomic E-state index is 12.1. The third-order valence-corrected chi connectivity index (χ3v) is 4.32. The Bertz CT molecular complexity index is 421. The van der Waals surface area contributed by atoms with E-state index in [2.05, 4.69) is 24.2 Å². The molecule has 3 nitrogen and oxygen atoms in total. The topological polar surface area (TPSA) is 32.3 Å². The molecule has 3 heteroatoms. The van der Waals surface area contributed by atoms with Gasteiger partial charge in [0.25, 0.3) is 5.91 Å². The van der Waals surface area contributed by atoms with Gasteiger partial charge in [0.1, 0.15) is 0 Å². The van der Waals surface area contributed by atoms with E-state index >= 15 is 0 Å². The van der Waals surface area contributed by atoms with Gasteiger partial charge in [0.2, 0.25) is 0 Å². The van der Waals surface area contributed by atoms with E-state index < -0.39 is 0 Å². The van der Waals surface area contributed by atoms with Crippen LogP contribution >= 0.6 is 0 Å². The molecule has 20 heavy (non-hydrogen) atoms. The van der Waals surface area contributed by atoms with Gasteiger partial charge in [0.15, 0.2) is 0 Å². The lowest BCUT2D eigenvalue weighted by Gasteiger charge is -2.21. The zero-order chi connectivity index (χ0) is 14.4. The Morgan fingerprint density at radius 1 is 1.20 bits per heavy atom. The summed E-state index contributed by atoms with van der Waals surface area (Å²) in [6.45, 7) is 3.91. The molecule has 1 aliphatic carbocycles. The molecule has 0 unspecified atom stereocenters. The summed E-state index contributed by atoms with van der Waals surface area (Å²) < 4.78 is 0. The highest BCUT2D eigenvalue weighted by Crippen LogP contribution is 2.22. The molecule has 1 aromatic carbocycles. The maximum Gasteiger partial charge on any atom is 0.251 e. The zero-order valence-corrected chi connectivity index (χ0v) is 12.7. The fourth-order valence-corrected chi connectivity index (χ4v) is 2.78. The van der Waals surface area contributed by atoms with Gasteiger partial charge in [0, 0.05) is 31.4 Å². The van der Waals surface area contributed by atoms with Crippen molar-refractivity contribution in [3.05, 3.63) is 29.8 Å². The van der Waals surface area contributed by atoms with Gasteiger partial charge in [0.05, 0.1) is 0 Å². The number of carbonyl (C=O) groups is 1. The first-order valence-electron chi connectivity index (χ1n) is 7.80. The van der Waals surface area contributed by atoms with Gasteiger partial charge in [-0.2, -0.15) is 0 Å². The van der Waals surface area contributed by atoms with E-state index in [1.807, 2.05) is 24.3 Å². The largest absolute Gasteiger partial charge is 0.375 e. The number of nitrogens with one attached hydrogen (secondary N) is 1. The summed E-state index contributed by atoms with van der Waals surface area (Å²) in [4.78, 5) is 14.3. The predicted molar refractivity (Wildman–Crippen MR) is 84.3 cm³/mol. The number of rotatable bonds is 5. The van der Waals surface area contributed by atoms with Crippen molar-refractivity contribution in [2.24, 2.45) is 5.92 Å². The number of hydrogen-bond acceptors (Lipinski definition) is 2. The Hall–Kier alpha value is -1.51. The SMILES string of the molecule is CCN(C)c1ccc(C(=O)NCC2CCCCC2)cc1. The van der Waals surface area contributed by atoms with Gasteiger partial charge in [-0.1, -0.05) is 19.3 Å². The molecular formula is C17H26N2O. The fourth-order valence-electron chi connectivity index (χ4n) is 2.78. The monoisotopic (exact) mass is 274 g/mol. The molecule has 0 atom stereocenters. The summed E-state index contributed by atoms with van der Waals surface area (Å²) in [5.74, 6) is 0.736. The minimum atomic E-state index is 0.0567. The summed E-state index contributed by atoms with van der Waals surface area (Å²) in [6, 6.07) is 7.85. The summed E-state index contributed by atoms with van der Waals surface area (Å²) in [5, 5.41) is 3.08. The van der Waals surface area contributed by atoms with Crippen LogP contribution in [0.25, 0.3) is 0 Å². The molecule has 0 aliphatic heterocycles. The first-order valence-corrected chi connectivity index (χ1v) is 7.80. The van der Waals surface area contributed by atoms with Crippen LogP contribution in [0, 0.1) is 5.92 Å². The third-order valence-electron chi connectivity index (χ3n) is 4.32. The van der Waals surface area contributed by atoms with Gasteiger partial charge in [-0.05, 0) is 49.9 Å². The van der Waals surface area contributed by atoms with Crippen LogP contribution in [0.5, 0.6) is 0 Å². The summed E-state index contributed by atoms with van der Waals surface area (Å²) in [6.07, 6.45) is 6.52. The Balaban J connectivity index is 1.85. The number of amides is 1. The highest BCUT2D eigenvalue weighted by atomic mass is 16.1. The quantitative estimate of drug-likeness (QED) is 0.892. The van der Waals surface area contributed by atoms with Crippen molar-refractivity contribution < 1.29 is 4.79 Å². The highest BCUT2D eigenvalue weighted by molar-refractivity contribution is 5.94. The molecule has 0 bridgehead atoms. The average Bonchev–Trinajstić information content (AvgIpc) is 2.53. The number of nitrogens with zero attached hydrogens (tertiary/aromatic N) is 1. The molecule has 0 heterocycles. The average molecular weight is 274 g/mol. The first-order chi connectivity index (χ1) is 9.70. The molecule has 1 saturated carbocycles. The van der Waals surface area contributed by atoms with E-state index in [0.29, 0.717) is 5.92 Å². The summed E-state index contributed by atoms with van der Waals surface area (Å²) >= 11 is 0. The second-order valence-corrected chi connectivity index (χ2v) is 5.78. The lowest BCUT2D eigenvalue weighted by Crippen LogP contribution is -2.30. The van der Waals surface area contributed by atoms with Gasteiger partial charge in [-0.25, -0.2) is 0 Å². The minimum Gasteiger partial charge on any atom is -0.375 e. The van der Waals surface area contributed by atoms with Crippen LogP contribution in [0.15, 0.2) is 24.3 Å². The lowest BCUT2D eigenvalue weighted by molar-refractivity contribution is 0.0943. The van der Waals surface area contributed by atoms with Crippen molar-refractivity contribution in [1.29, 1.82) is 0 Å². The van der Waals surface area contributed by atoms with Crippen molar-refractivity contribution >= 4 is 11.6 Å². The standard InChI is InChI=1S/C17H26N2O/c1-3-19(2)16-11-9-15(10-12-16)17(20)18-13-14-7-5-4-6-8-14/h9-12,14H,3-8,13H2,1-2H3,(H,18,20). The molecule has 0 radical (unpaired) electrons. The molecule has 2 rings (SSSR count). The van der Waals surface area contributed by atoms with E-state index in [-0.39, 0.29) is 5.91 Å². The molecule has 1 N–H and O–H groups in total. The van der Waals surface area contributed by atoms with Gasteiger partial charge in [-0.15, -0.1) is 0 Å². The van der Waals surface area contributed by atoms with Crippen LogP contribution in [0.3, 0.4) is 0 Å². The summed E-state index contributed by atoms with van der Waals surface area (Å²) in [5.41, 5.74) is 1.91. The summed E-state index contributed by atoms with van der Waals surface area (Å²) in [7, 11) is 2.05. The van der Waals surface area contributed by atoms with Crippen LogP contribution in [0.1, 0.15) is 49.4 Å². The number of carbonyl (C=O) groups excluding carboxylic acids is 1. The Morgan fingerprint density at radius 2 is 1.85 bits per heavy atom. The van der Waals surface area contributed by atoms with E-state index in [0.717, 1.165) is 24.3 Å². The van der Waals surface area contributed by atoms with Gasteiger partial charge < -0.3 is 10.2 Å². The third kappa shape index (κ3) is 3.99. The minimum absolute atomic E-state index is 0.0567. The molecule has 1 aromatic rings. The molecule has 0 spiro atoms. The molecule has 0 saturated heterocycles. The Labute approximate surface area is 122 Å². The van der Waals surface area contributed by atoms with E-state index in [4.69, 9.17) is 0 Å². The molecule has 1 aliphatic rings. The van der Waals surface area contributed by atoms with Crippen molar-refractivity contribution in [2.45, 2.75) is 39.0 Å². The van der Waals surface area contributed by atoms with Crippen LogP contribution in [0.2, 0.25) is 0 Å². The van der Waals surface area contributed by atoms with Crippen molar-refractivity contribution in [2.75, 3.05) is 25.0 Å². The van der Waals surface area contributed by atoms with Gasteiger partial charge >= 0.3 is 0 Å². The number of anilines is 1. The molecular weight excluding hydrogens is 248 g/mol. The number of hydrogen-bond donors (Lipinski definition) is 1. The maximum absolute atomic E-state index is 12.1. The Kier molecular flexibility index (Phi) is 5.45. The normalized spacial score (nSPS) is 15.9. The Morgan fingerprint density at radius 3 is 2.45 bits per heavy atom. The van der Waals surface area contributed by atoms with Crippen LogP contribution in [-0.2, 0) is 0 Å². The predicted octanol–water partition coefficient (Wildman–Crippen LogP) is 3.45. The molecule has 0 aromatic heterocycles. The van der Waals surface area contributed by atoms with Crippen LogP contribution < -0.4 is 10.2 Å². The van der Waals surface area contributed by atoms with Crippen LogP contribution in [0.4, 0.5) is 5.69 Å². The highest BCUT2D eigenvalue weighted by Gasteiger charge is 2.14. The molecule has 1 amide bonds. The van der Waals surface area contributed by atoms with Crippen LogP contribution in [-0.4, -0.2) is 26.0 Å². The lowest BCUT2D eigenvalue weighted by atomic mass is 9.89. The van der Waals surface area contributed by atoms with Crippen molar-refractivity contribution in [1.82, 2.24) is 5.32 Å². The van der Waals surface area contributed by atoms with E-state index in [9.17, 15) is 4.79 Å². The molecule has 110 valence electrons. The second kappa shape index (κ2) is 7.32. The smallest absolute Gasteiger partial charge is 0.251 e. The number of benzene rings is 1. The van der Waals surface area contributed by atoms with E-state index in [1.165, 1.54) is 32.1 Å². The second-order valence-electron chi connectivity index (χ2n) is 5.78. The first kappa shape index (κ1) is 14.9. The fraction of sp³-hybridized carbons (Fsp3) is 0.588. The van der Waals surface area contributed by atoms with E-state index in [1.54, 1.807) is 0 Å². The molecule has 1 fully saturated rings. The van der Waals surface area contributed by atoms with Gasteiger partial charge in [-0.3, -0.25) is 4.79 Å². The van der Waals surface area contributed by atoms with Crippen molar-refractivity contribution in [3.63, 3.8) is 0 Å².